The number of nitrogens with zero attached hydrogens (tertiary/aromatic N) is 2. The molecule has 4 rings (SSSR count). The standard InChI is InChI=1S/C29H29N5O6/c1-19(35)34(17-26-31-23-9-5-6-10-24(23)32-26)16-20-11-13-22(14-12-20)27(36)30-15-25(28(37)38)33-29(39)40-18-21-7-3-2-4-8-21/h2-14,25H,15-18H2,1H3,(H,30,36)(H,31,32)(H,33,39)(H,37,38). The number of aromatic amines is 1. The molecule has 0 radical (unpaired) electrons. The van der Waals surface area contributed by atoms with E-state index < -0.39 is 24.0 Å². The lowest BCUT2D eigenvalue weighted by molar-refractivity contribution is -0.139. The number of carboxylic acids is 1. The van der Waals surface area contributed by atoms with Crippen LogP contribution in [-0.2, 0) is 34.0 Å². The Morgan fingerprint density at radius 1 is 0.925 bits per heavy atom. The van der Waals surface area contributed by atoms with Crippen LogP contribution in [0.25, 0.3) is 11.0 Å². The Morgan fingerprint density at radius 2 is 1.62 bits per heavy atom. The summed E-state index contributed by atoms with van der Waals surface area (Å²) in [4.78, 5) is 57.9. The number of hydrogen-bond donors (Lipinski definition) is 4. The molecule has 0 aliphatic rings. The molecule has 40 heavy (non-hydrogen) atoms. The normalized spacial score (nSPS) is 11.4. The van der Waals surface area contributed by atoms with Crippen LogP contribution < -0.4 is 10.6 Å². The van der Waals surface area contributed by atoms with Gasteiger partial charge in [-0.2, -0.15) is 0 Å². The molecule has 0 saturated heterocycles. The van der Waals surface area contributed by atoms with Crippen molar-refractivity contribution in [2.75, 3.05) is 6.54 Å². The molecule has 0 spiro atoms. The van der Waals surface area contributed by atoms with Gasteiger partial charge in [0.05, 0.1) is 17.6 Å². The number of nitrogens with one attached hydrogen (secondary N) is 3. The molecule has 0 bridgehead atoms. The predicted octanol–water partition coefficient (Wildman–Crippen LogP) is 3.22. The number of carbonyl (C=O) groups excluding carboxylic acids is 3. The SMILES string of the molecule is CC(=O)N(Cc1ccc(C(=O)NCC(NC(=O)OCc2ccccc2)C(=O)O)cc1)Cc1nc2ccccc2[nH]1. The number of imidazole rings is 1. The molecule has 4 N–H and O–H groups in total. The molecule has 0 aliphatic heterocycles. The number of carbonyl (C=O) groups is 4. The maximum Gasteiger partial charge on any atom is 0.408 e. The van der Waals surface area contributed by atoms with Gasteiger partial charge in [-0.25, -0.2) is 14.6 Å². The summed E-state index contributed by atoms with van der Waals surface area (Å²) in [6.45, 7) is 1.73. The Kier molecular flexibility index (Phi) is 9.08. The number of H-pyrrole nitrogens is 1. The zero-order valence-corrected chi connectivity index (χ0v) is 21.8. The summed E-state index contributed by atoms with van der Waals surface area (Å²) >= 11 is 0. The molecule has 3 amide bonds. The largest absolute Gasteiger partial charge is 0.480 e. The summed E-state index contributed by atoms with van der Waals surface area (Å²) in [6, 6.07) is 21.8. The Bertz CT molecular complexity index is 1450. The first-order chi connectivity index (χ1) is 19.3. The van der Waals surface area contributed by atoms with Gasteiger partial charge in [0.2, 0.25) is 5.91 Å². The molecule has 11 nitrogen and oxygen atoms in total. The molecule has 11 heteroatoms. The Balaban J connectivity index is 1.29. The first-order valence-electron chi connectivity index (χ1n) is 12.5. The number of carboxylic acid groups (broad SMARTS) is 1. The number of fused-ring (bicyclic) bond motifs is 1. The van der Waals surface area contributed by atoms with Gasteiger partial charge in [-0.3, -0.25) is 9.59 Å². The predicted molar refractivity (Wildman–Crippen MR) is 146 cm³/mol. The summed E-state index contributed by atoms with van der Waals surface area (Å²) in [5, 5.41) is 14.2. The lowest BCUT2D eigenvalue weighted by Gasteiger charge is -2.20. The number of alkyl carbamates (subject to hydrolysis) is 1. The van der Waals surface area contributed by atoms with Gasteiger partial charge < -0.3 is 30.4 Å². The van der Waals surface area contributed by atoms with Crippen LogP contribution in [-0.4, -0.2) is 56.4 Å². The van der Waals surface area contributed by atoms with Crippen LogP contribution in [0.3, 0.4) is 0 Å². The summed E-state index contributed by atoms with van der Waals surface area (Å²) in [5.41, 5.74) is 3.56. The minimum Gasteiger partial charge on any atom is -0.480 e. The highest BCUT2D eigenvalue weighted by molar-refractivity contribution is 5.94. The number of para-hydroxylation sites is 2. The first kappa shape index (κ1) is 27.8. The second-order valence-corrected chi connectivity index (χ2v) is 9.08. The molecule has 1 unspecified atom stereocenters. The minimum absolute atomic E-state index is 0.0168. The third kappa shape index (κ3) is 7.67. The number of aromatic nitrogens is 2. The van der Waals surface area contributed by atoms with E-state index in [0.717, 1.165) is 22.2 Å². The smallest absolute Gasteiger partial charge is 0.408 e. The number of amides is 3. The van der Waals surface area contributed by atoms with Crippen molar-refractivity contribution in [3.05, 3.63) is 101 Å². The lowest BCUT2D eigenvalue weighted by Crippen LogP contribution is -2.48. The van der Waals surface area contributed by atoms with E-state index in [1.165, 1.54) is 6.92 Å². The van der Waals surface area contributed by atoms with Crippen molar-refractivity contribution < 1.29 is 29.0 Å². The molecule has 0 aliphatic carbocycles. The van der Waals surface area contributed by atoms with Crippen molar-refractivity contribution in [3.63, 3.8) is 0 Å². The average molecular weight is 544 g/mol. The topological polar surface area (TPSA) is 154 Å². The lowest BCUT2D eigenvalue weighted by atomic mass is 10.1. The Labute approximate surface area is 230 Å². The minimum atomic E-state index is -1.38. The monoisotopic (exact) mass is 543 g/mol. The highest BCUT2D eigenvalue weighted by atomic mass is 16.5. The maximum atomic E-state index is 12.6. The van der Waals surface area contributed by atoms with E-state index >= 15 is 0 Å². The van der Waals surface area contributed by atoms with Crippen LogP contribution in [0.15, 0.2) is 78.9 Å². The third-order valence-electron chi connectivity index (χ3n) is 6.08. The van der Waals surface area contributed by atoms with Crippen LogP contribution in [0.1, 0.15) is 34.2 Å². The first-order valence-corrected chi connectivity index (χ1v) is 12.5. The van der Waals surface area contributed by atoms with Gasteiger partial charge >= 0.3 is 12.1 Å². The van der Waals surface area contributed by atoms with Crippen molar-refractivity contribution in [1.29, 1.82) is 0 Å². The summed E-state index contributed by atoms with van der Waals surface area (Å²) < 4.78 is 5.05. The van der Waals surface area contributed by atoms with Crippen molar-refractivity contribution in [3.8, 4) is 0 Å². The molecular formula is C29H29N5O6. The number of aliphatic carboxylic acids is 1. The van der Waals surface area contributed by atoms with E-state index in [0.29, 0.717) is 24.5 Å². The Morgan fingerprint density at radius 3 is 2.30 bits per heavy atom. The fourth-order valence-electron chi connectivity index (χ4n) is 3.93. The van der Waals surface area contributed by atoms with Gasteiger partial charge in [0.1, 0.15) is 18.5 Å². The van der Waals surface area contributed by atoms with Crippen molar-refractivity contribution in [2.24, 2.45) is 0 Å². The Hall–Kier alpha value is -5.19. The molecule has 1 heterocycles. The molecule has 1 aromatic heterocycles. The van der Waals surface area contributed by atoms with Gasteiger partial charge in [0, 0.05) is 25.6 Å². The van der Waals surface area contributed by atoms with E-state index in [-0.39, 0.29) is 19.1 Å². The van der Waals surface area contributed by atoms with E-state index in [9.17, 15) is 24.3 Å². The highest BCUT2D eigenvalue weighted by Crippen LogP contribution is 2.14. The summed E-state index contributed by atoms with van der Waals surface area (Å²) in [7, 11) is 0. The highest BCUT2D eigenvalue weighted by Gasteiger charge is 2.22. The number of rotatable bonds is 11. The quantitative estimate of drug-likeness (QED) is 0.226. The van der Waals surface area contributed by atoms with Crippen LogP contribution in [0.2, 0.25) is 0 Å². The van der Waals surface area contributed by atoms with Crippen molar-refractivity contribution >= 4 is 34.9 Å². The van der Waals surface area contributed by atoms with Crippen LogP contribution in [0.4, 0.5) is 4.79 Å². The van der Waals surface area contributed by atoms with Gasteiger partial charge in [0.15, 0.2) is 0 Å². The second kappa shape index (κ2) is 13.1. The second-order valence-electron chi connectivity index (χ2n) is 9.08. The number of ether oxygens (including phenoxy) is 1. The van der Waals surface area contributed by atoms with Crippen LogP contribution in [0.5, 0.6) is 0 Å². The molecule has 0 fully saturated rings. The fraction of sp³-hybridized carbons (Fsp3) is 0.207. The van der Waals surface area contributed by atoms with Gasteiger partial charge in [0.25, 0.3) is 5.91 Å². The van der Waals surface area contributed by atoms with Crippen molar-refractivity contribution in [1.82, 2.24) is 25.5 Å². The maximum absolute atomic E-state index is 12.6. The summed E-state index contributed by atoms with van der Waals surface area (Å²) in [5.74, 6) is -1.29. The zero-order valence-electron chi connectivity index (χ0n) is 21.8. The zero-order chi connectivity index (χ0) is 28.5. The van der Waals surface area contributed by atoms with Gasteiger partial charge in [-0.15, -0.1) is 0 Å². The molecule has 3 aromatic carbocycles. The average Bonchev–Trinajstić information content (AvgIpc) is 3.37. The van der Waals surface area contributed by atoms with E-state index in [1.807, 2.05) is 30.3 Å². The van der Waals surface area contributed by atoms with Crippen LogP contribution >= 0.6 is 0 Å². The fourth-order valence-corrected chi connectivity index (χ4v) is 3.93. The molecule has 1 atom stereocenters. The number of benzene rings is 3. The van der Waals surface area contributed by atoms with Crippen molar-refractivity contribution in [2.45, 2.75) is 32.7 Å². The summed E-state index contributed by atoms with van der Waals surface area (Å²) in [6.07, 6.45) is -0.910. The third-order valence-corrected chi connectivity index (χ3v) is 6.08. The van der Waals surface area contributed by atoms with Gasteiger partial charge in [-0.05, 0) is 35.4 Å². The van der Waals surface area contributed by atoms with Gasteiger partial charge in [-0.1, -0.05) is 54.6 Å². The molecule has 206 valence electrons. The van der Waals surface area contributed by atoms with E-state index in [2.05, 4.69) is 20.6 Å². The van der Waals surface area contributed by atoms with Crippen LogP contribution in [0, 0.1) is 0 Å². The molecule has 4 aromatic rings. The van der Waals surface area contributed by atoms with E-state index in [4.69, 9.17) is 4.74 Å². The van der Waals surface area contributed by atoms with E-state index in [1.54, 1.807) is 53.4 Å². The number of hydrogen-bond acceptors (Lipinski definition) is 6. The molecule has 0 saturated carbocycles. The molecular weight excluding hydrogens is 514 g/mol.